The number of unbranched alkanes of at least 4 members (excludes halogenated alkanes) is 2. The summed E-state index contributed by atoms with van der Waals surface area (Å²) in [5.74, 6) is -19.2. The number of aliphatic carboxylic acids is 1. The maximum atomic E-state index is 15.6. The minimum Gasteiger partial charge on any atom is -0.508 e. The maximum absolute atomic E-state index is 15.6. The Hall–Kier alpha value is -13.5. The van der Waals surface area contributed by atoms with Crippen LogP contribution < -0.4 is 53.6 Å². The Labute approximate surface area is 774 Å². The lowest BCUT2D eigenvalue weighted by Crippen LogP contribution is -2.61. The Morgan fingerprint density at radius 2 is 0.977 bits per heavy atom. The van der Waals surface area contributed by atoms with Gasteiger partial charge in [0.1, 0.15) is 83.8 Å². The number of rotatable bonds is 24. The number of hydrogen-bond donors (Lipinski definition) is 14. The van der Waals surface area contributed by atoms with E-state index in [1.807, 2.05) is 6.92 Å². The van der Waals surface area contributed by atoms with Crippen LogP contribution in [-0.4, -0.2) is 272 Å². The summed E-state index contributed by atoms with van der Waals surface area (Å²) in [6.07, 6.45) is 0.213. The van der Waals surface area contributed by atoms with Crippen LogP contribution in [-0.2, 0) is 115 Å². The first-order chi connectivity index (χ1) is 62.7. The number of likely N-dealkylation sites (N-methyl/N-ethyl adjacent to an activating group) is 5. The molecule has 11 atom stereocenters. The Kier molecular flexibility index (Phi) is 39.4. The van der Waals surface area contributed by atoms with Gasteiger partial charge in [-0.2, -0.15) is 0 Å². The Balaban J connectivity index is 1.22. The highest BCUT2D eigenvalue weighted by Gasteiger charge is 2.42. The van der Waals surface area contributed by atoms with Gasteiger partial charge in [-0.1, -0.05) is 175 Å². The number of hydrogen-bond acceptors (Lipinski definition) is 19. The molecule has 1 aliphatic heterocycles. The van der Waals surface area contributed by atoms with E-state index in [1.54, 1.807) is 119 Å². The van der Waals surface area contributed by atoms with Crippen molar-refractivity contribution < 1.29 is 96.4 Å². The summed E-state index contributed by atoms with van der Waals surface area (Å²) in [4.78, 5) is 244. The molecule has 8 rings (SSSR count). The lowest BCUT2D eigenvalue weighted by atomic mass is 9.98. The van der Waals surface area contributed by atoms with Crippen LogP contribution in [0.25, 0.3) is 10.9 Å². The van der Waals surface area contributed by atoms with E-state index in [1.165, 1.54) is 95.9 Å². The number of nitrogens with one attached hydrogen (secondary N) is 10. The van der Waals surface area contributed by atoms with Crippen LogP contribution in [0.2, 0.25) is 5.02 Å². The van der Waals surface area contributed by atoms with Crippen molar-refractivity contribution in [1.29, 1.82) is 0 Å². The van der Waals surface area contributed by atoms with Crippen molar-refractivity contribution in [1.82, 2.24) is 77.3 Å². The minimum absolute atomic E-state index is 0.00634. The third-order valence-corrected chi connectivity index (χ3v) is 23.8. The van der Waals surface area contributed by atoms with Crippen LogP contribution in [0.1, 0.15) is 107 Å². The highest BCUT2D eigenvalue weighted by atomic mass is 35.5. The number of carboxylic acid groups (broad SMARTS) is 1. The van der Waals surface area contributed by atoms with Gasteiger partial charge in [0, 0.05) is 96.6 Å². The van der Waals surface area contributed by atoms with Gasteiger partial charge >= 0.3 is 5.97 Å². The molecule has 0 saturated carbocycles. The Morgan fingerprint density at radius 1 is 0.500 bits per heavy atom. The van der Waals surface area contributed by atoms with Crippen LogP contribution in [0.15, 0.2) is 158 Å². The van der Waals surface area contributed by atoms with Gasteiger partial charge in [0.15, 0.2) is 0 Å². The first-order valence-corrected chi connectivity index (χ1v) is 44.9. The number of thioether (sulfide) groups is 1. The second-order valence-electron chi connectivity index (χ2n) is 33.7. The number of nitrogens with two attached hydrogens (primary N) is 1. The van der Waals surface area contributed by atoms with E-state index in [4.69, 9.17) is 17.3 Å². The number of aromatic amines is 1. The van der Waals surface area contributed by atoms with Crippen molar-refractivity contribution in [3.63, 3.8) is 0 Å². The smallest absolute Gasteiger partial charge is 0.305 e. The summed E-state index contributed by atoms with van der Waals surface area (Å²) in [6, 6.07) is 21.3. The molecular formula is C94H118ClFN16O19S. The highest BCUT2D eigenvalue weighted by Crippen LogP contribution is 2.26. The number of para-hydroxylation sites is 1. The lowest BCUT2D eigenvalue weighted by Gasteiger charge is -2.37. The van der Waals surface area contributed by atoms with Gasteiger partial charge in [-0.05, 0) is 101 Å². The predicted octanol–water partition coefficient (Wildman–Crippen LogP) is 3.51. The average Bonchev–Trinajstić information content (AvgIpc) is 1.58. The molecule has 0 radical (unpaired) electrons. The average molecular weight is 1860 g/mol. The van der Waals surface area contributed by atoms with Crippen molar-refractivity contribution in [3.8, 4) is 11.5 Å². The lowest BCUT2D eigenvalue weighted by molar-refractivity contribution is -0.151. The first kappa shape index (κ1) is 104. The van der Waals surface area contributed by atoms with Crippen molar-refractivity contribution in [2.24, 2.45) is 17.6 Å². The van der Waals surface area contributed by atoms with Gasteiger partial charge < -0.3 is 98.4 Å². The fourth-order valence-corrected chi connectivity index (χ4v) is 16.2. The first-order valence-electron chi connectivity index (χ1n) is 43.4. The summed E-state index contributed by atoms with van der Waals surface area (Å²) in [5.41, 5.74) is 8.54. The number of benzene rings is 6. The third-order valence-electron chi connectivity index (χ3n) is 22.5. The van der Waals surface area contributed by atoms with Crippen molar-refractivity contribution in [3.05, 3.63) is 202 Å². The van der Waals surface area contributed by atoms with Gasteiger partial charge in [-0.25, -0.2) is 4.39 Å². The zero-order chi connectivity index (χ0) is 96.7. The molecule has 2 heterocycles. The number of primary amides is 1. The molecule has 7 aromatic rings. The summed E-state index contributed by atoms with van der Waals surface area (Å²) >= 11 is 6.88. The molecule has 6 aromatic carbocycles. The van der Waals surface area contributed by atoms with E-state index in [0.29, 0.717) is 58.0 Å². The molecule has 1 aliphatic rings. The number of H-pyrrole nitrogens is 1. The molecule has 0 aliphatic carbocycles. The van der Waals surface area contributed by atoms with Crippen molar-refractivity contribution in [2.75, 3.05) is 66.4 Å². The van der Waals surface area contributed by atoms with Crippen LogP contribution in [0, 0.1) is 17.7 Å². The Bertz CT molecular complexity index is 5230. The molecule has 1 aromatic heterocycles. The number of amides is 15. The SMILES string of the molecule is CCCCC[C@H]1C(=O)N(C)CC(=O)N[C@@H](CC(=O)O)C(=O)N[C@@H](C(C)C)C(=O)N(C)[C@@H](Cc2ccccc2)C(=O)N[C@@H](Cc2ccc(O)cc2)C(=O)N(C)CC(=O)N[C@@H](Cc2c[nH]c3ccccc23)C(=O)N[C@@H](Cc2ccc(O)cc2)C(=O)N[C@@H](CC(C)C)C(=O)N[C@H](C(=O)NCC(N)=O)CSCC(=O)N[C@@H](Cc2ccc(Cl)c(F)c2)C(=O)N(C)[C@@H](Cc2ccccc2)C(=O)N1C. The second kappa shape index (κ2) is 50.1. The molecule has 0 unspecified atom stereocenters. The summed E-state index contributed by atoms with van der Waals surface area (Å²) in [7, 11) is 6.37. The zero-order valence-electron chi connectivity index (χ0n) is 75.4. The summed E-state index contributed by atoms with van der Waals surface area (Å²) < 4.78 is 15.4. The fraction of sp³-hybridized carbons (Fsp3) is 0.426. The molecule has 15 N–H and O–H groups in total. The van der Waals surface area contributed by atoms with Gasteiger partial charge in [0.05, 0.1) is 36.8 Å². The van der Waals surface area contributed by atoms with E-state index < -0.39 is 223 Å². The molecule has 1 fully saturated rings. The molecule has 38 heteroatoms. The number of carbonyl (C=O) groups is 16. The number of nitrogens with zero attached hydrogens (tertiary/aromatic N) is 5. The van der Waals surface area contributed by atoms with Crippen molar-refractivity contribution in [2.45, 2.75) is 178 Å². The standard InChI is InChI=1S/C94H118ClFN16O19S/c1-11-12-15-28-75-92(129)109(7)51-80(117)101-71(47-82(119)120)88(125)107-83(55(4)5)94(131)111(9)76(44-56-22-16-13-17-23-56)89(126)105-72(42-59-31-36-63(114)37-32-59)90(127)108(6)50-79(116)100-70(46-61-48-98-67-27-21-20-26-64(61)67)87(124)104-69(41-58-29-34-62(113)35-30-58)86(123)103-68(39-54(2)3)85(122)106-74(84(121)99-49-78(97)115)52-132-53-81(118)102-73(43-60-33-38-65(95)66(96)40-60)91(128)112(10)77(93(130)110(75)8)45-57-24-18-14-19-25-57/h13-14,16-27,29-38,40,48,54-55,68-77,83,98,113-114H,11-12,15,28,39,41-47,49-53H2,1-10H3,(H2,97,115)(H,99,121)(H,100,116)(H,101,117)(H,102,118)(H,103,123)(H,104,124)(H,105,126)(H,106,122)(H,107,125)(H,119,120)/t68-,69-,70-,71-,72-,73-,74-,75-,76-,77-,83-/m0/s1. The normalized spacial score (nSPS) is 21.7. The quantitative estimate of drug-likeness (QED) is 0.0385. The molecular weight excluding hydrogens is 1740 g/mol. The fourth-order valence-electron chi connectivity index (χ4n) is 15.2. The van der Waals surface area contributed by atoms with E-state index in [-0.39, 0.29) is 67.0 Å². The van der Waals surface area contributed by atoms with Gasteiger partial charge in [0.25, 0.3) is 0 Å². The highest BCUT2D eigenvalue weighted by molar-refractivity contribution is 8.00. The number of fused-ring (bicyclic) bond motifs is 1. The van der Waals surface area contributed by atoms with E-state index in [2.05, 4.69) is 52.8 Å². The van der Waals surface area contributed by atoms with E-state index in [0.717, 1.165) is 42.3 Å². The number of carboxylic acids is 1. The van der Waals surface area contributed by atoms with Gasteiger partial charge in [-0.3, -0.25) is 76.7 Å². The number of aromatic hydroxyl groups is 2. The molecule has 708 valence electrons. The van der Waals surface area contributed by atoms with Crippen LogP contribution in [0.4, 0.5) is 4.39 Å². The topological polar surface area (TPSA) is 500 Å². The number of halogens is 2. The van der Waals surface area contributed by atoms with Gasteiger partial charge in [-0.15, -0.1) is 11.8 Å². The zero-order valence-corrected chi connectivity index (χ0v) is 77.0. The van der Waals surface area contributed by atoms with Crippen LogP contribution >= 0.6 is 23.4 Å². The number of aromatic nitrogens is 1. The Morgan fingerprint density at radius 3 is 1.55 bits per heavy atom. The molecule has 35 nitrogen and oxygen atoms in total. The van der Waals surface area contributed by atoms with Crippen molar-refractivity contribution >= 4 is 129 Å². The number of phenolic OH excluding ortho intramolecular Hbond substituents is 2. The molecule has 132 heavy (non-hydrogen) atoms. The monoisotopic (exact) mass is 1860 g/mol. The third kappa shape index (κ3) is 31.1. The molecule has 0 spiro atoms. The number of carbonyl (C=O) groups excluding carboxylic acids is 15. The largest absolute Gasteiger partial charge is 0.508 e. The van der Waals surface area contributed by atoms with E-state index >= 15 is 42.7 Å². The predicted molar refractivity (Wildman–Crippen MR) is 492 cm³/mol. The van der Waals surface area contributed by atoms with E-state index in [9.17, 15) is 53.7 Å². The molecule has 1 saturated heterocycles. The number of phenols is 2. The second-order valence-corrected chi connectivity index (χ2v) is 35.1. The summed E-state index contributed by atoms with van der Waals surface area (Å²) in [5, 5.41) is 55.1. The minimum atomic E-state index is -1.93. The molecule has 15 amide bonds. The summed E-state index contributed by atoms with van der Waals surface area (Å²) in [6.45, 7) is 6.07. The van der Waals surface area contributed by atoms with Crippen LogP contribution in [0.5, 0.6) is 11.5 Å². The maximum Gasteiger partial charge on any atom is 0.305 e. The molecule has 0 bridgehead atoms. The van der Waals surface area contributed by atoms with Crippen LogP contribution in [0.3, 0.4) is 0 Å². The van der Waals surface area contributed by atoms with Gasteiger partial charge in [0.2, 0.25) is 88.6 Å².